The molecule has 1 saturated heterocycles. The molecule has 1 N–H and O–H groups in total. The summed E-state index contributed by atoms with van der Waals surface area (Å²) >= 11 is 4.34. The highest BCUT2D eigenvalue weighted by Crippen LogP contribution is 2.35. The molecule has 1 fully saturated rings. The smallest absolute Gasteiger partial charge is 0.0323 e. The van der Waals surface area contributed by atoms with Gasteiger partial charge in [0.05, 0.1) is 0 Å². The second-order valence-electron chi connectivity index (χ2n) is 5.42. The molecule has 0 radical (unpaired) electrons. The minimum Gasteiger partial charge on any atom is -0.316 e. The fourth-order valence-electron chi connectivity index (χ4n) is 2.86. The summed E-state index contributed by atoms with van der Waals surface area (Å²) in [4.78, 5) is 0. The van der Waals surface area contributed by atoms with Crippen molar-refractivity contribution >= 4 is 23.5 Å². The van der Waals surface area contributed by atoms with Crippen LogP contribution >= 0.6 is 23.5 Å². The SMILES string of the molecule is CCc1ccc(CC(NC)C2SCCSC2CC)cc1. The molecule has 0 bridgehead atoms. The second kappa shape index (κ2) is 8.35. The van der Waals surface area contributed by atoms with Gasteiger partial charge >= 0.3 is 0 Å². The molecule has 1 aliphatic heterocycles. The van der Waals surface area contributed by atoms with Gasteiger partial charge in [0, 0.05) is 28.0 Å². The largest absolute Gasteiger partial charge is 0.316 e. The molecule has 3 atom stereocenters. The highest BCUT2D eigenvalue weighted by Gasteiger charge is 2.31. The first kappa shape index (κ1) is 16.3. The number of nitrogens with one attached hydrogen (secondary N) is 1. The molecule has 2 rings (SSSR count). The predicted molar refractivity (Wildman–Crippen MR) is 95.2 cm³/mol. The third-order valence-electron chi connectivity index (χ3n) is 4.15. The van der Waals surface area contributed by atoms with Gasteiger partial charge in [-0.2, -0.15) is 23.5 Å². The van der Waals surface area contributed by atoms with Crippen LogP contribution in [0.15, 0.2) is 24.3 Å². The van der Waals surface area contributed by atoms with Gasteiger partial charge in [-0.05, 0) is 37.4 Å². The summed E-state index contributed by atoms with van der Waals surface area (Å²) < 4.78 is 0. The van der Waals surface area contributed by atoms with Gasteiger partial charge in [-0.15, -0.1) is 0 Å². The molecule has 1 aliphatic rings. The van der Waals surface area contributed by atoms with Gasteiger partial charge in [0.1, 0.15) is 0 Å². The van der Waals surface area contributed by atoms with Crippen molar-refractivity contribution in [1.29, 1.82) is 0 Å². The van der Waals surface area contributed by atoms with E-state index >= 15 is 0 Å². The molecule has 0 spiro atoms. The number of aryl methyl sites for hydroxylation is 1. The molecular weight excluding hydrogens is 282 g/mol. The van der Waals surface area contributed by atoms with Crippen LogP contribution in [0.1, 0.15) is 31.4 Å². The van der Waals surface area contributed by atoms with Crippen molar-refractivity contribution in [1.82, 2.24) is 5.32 Å². The average molecular weight is 310 g/mol. The third kappa shape index (κ3) is 4.19. The van der Waals surface area contributed by atoms with E-state index in [4.69, 9.17) is 0 Å². The van der Waals surface area contributed by atoms with Gasteiger partial charge in [-0.3, -0.25) is 0 Å². The van der Waals surface area contributed by atoms with Gasteiger partial charge in [0.15, 0.2) is 0 Å². The van der Waals surface area contributed by atoms with Crippen molar-refractivity contribution in [3.8, 4) is 0 Å². The zero-order chi connectivity index (χ0) is 14.4. The number of hydrogen-bond donors (Lipinski definition) is 1. The number of rotatable bonds is 6. The van der Waals surface area contributed by atoms with Gasteiger partial charge in [0.2, 0.25) is 0 Å². The molecule has 3 heteroatoms. The zero-order valence-electron chi connectivity index (χ0n) is 12.9. The zero-order valence-corrected chi connectivity index (χ0v) is 14.5. The summed E-state index contributed by atoms with van der Waals surface area (Å²) in [7, 11) is 2.12. The Morgan fingerprint density at radius 1 is 1.10 bits per heavy atom. The normalized spacial score (nSPS) is 24.6. The number of likely N-dealkylation sites (N-methyl/N-ethyl adjacent to an activating group) is 1. The average Bonchev–Trinajstić information content (AvgIpc) is 2.53. The minimum absolute atomic E-state index is 0.588. The lowest BCUT2D eigenvalue weighted by Crippen LogP contribution is -2.44. The van der Waals surface area contributed by atoms with Crippen LogP contribution in [-0.2, 0) is 12.8 Å². The molecule has 0 aromatic heterocycles. The Morgan fingerprint density at radius 3 is 2.35 bits per heavy atom. The van der Waals surface area contributed by atoms with Crippen molar-refractivity contribution in [2.24, 2.45) is 0 Å². The van der Waals surface area contributed by atoms with E-state index in [1.165, 1.54) is 29.1 Å². The van der Waals surface area contributed by atoms with E-state index in [2.05, 4.69) is 74.0 Å². The van der Waals surface area contributed by atoms with E-state index in [0.29, 0.717) is 6.04 Å². The summed E-state index contributed by atoms with van der Waals surface area (Å²) in [6.45, 7) is 4.55. The lowest BCUT2D eigenvalue weighted by atomic mass is 9.99. The fraction of sp³-hybridized carbons (Fsp3) is 0.647. The maximum Gasteiger partial charge on any atom is 0.0323 e. The molecule has 0 aliphatic carbocycles. The molecule has 3 unspecified atom stereocenters. The molecule has 1 nitrogen and oxygen atoms in total. The maximum atomic E-state index is 3.58. The topological polar surface area (TPSA) is 12.0 Å². The van der Waals surface area contributed by atoms with Crippen molar-refractivity contribution in [2.45, 2.75) is 49.7 Å². The first-order chi connectivity index (χ1) is 9.78. The van der Waals surface area contributed by atoms with E-state index in [0.717, 1.165) is 23.3 Å². The highest BCUT2D eigenvalue weighted by atomic mass is 32.2. The highest BCUT2D eigenvalue weighted by molar-refractivity contribution is 8.07. The minimum atomic E-state index is 0.588. The van der Waals surface area contributed by atoms with Crippen LogP contribution in [0.4, 0.5) is 0 Å². The van der Waals surface area contributed by atoms with E-state index in [1.807, 2.05) is 0 Å². The lowest BCUT2D eigenvalue weighted by molar-refractivity contribution is 0.517. The summed E-state index contributed by atoms with van der Waals surface area (Å²) in [5, 5.41) is 5.13. The molecule has 0 saturated carbocycles. The molecule has 1 aromatic rings. The van der Waals surface area contributed by atoms with Crippen LogP contribution < -0.4 is 5.32 Å². The Balaban J connectivity index is 2.02. The van der Waals surface area contributed by atoms with Gasteiger partial charge in [0.25, 0.3) is 0 Å². The van der Waals surface area contributed by atoms with Crippen LogP contribution in [0.5, 0.6) is 0 Å². The van der Waals surface area contributed by atoms with E-state index < -0.39 is 0 Å². The fourth-order valence-corrected chi connectivity index (χ4v) is 6.16. The maximum absolute atomic E-state index is 3.58. The van der Waals surface area contributed by atoms with Crippen LogP contribution in [0.25, 0.3) is 0 Å². The van der Waals surface area contributed by atoms with Crippen molar-refractivity contribution in [3.05, 3.63) is 35.4 Å². The summed E-state index contributed by atoms with van der Waals surface area (Å²) in [5.74, 6) is 2.63. The summed E-state index contributed by atoms with van der Waals surface area (Å²) in [6.07, 6.45) is 3.56. The van der Waals surface area contributed by atoms with E-state index in [9.17, 15) is 0 Å². The van der Waals surface area contributed by atoms with Crippen LogP contribution in [-0.4, -0.2) is 35.1 Å². The molecule has 112 valence electrons. The lowest BCUT2D eigenvalue weighted by Gasteiger charge is -2.36. The Labute approximate surface area is 132 Å². The Hall–Kier alpha value is -0.120. The quantitative estimate of drug-likeness (QED) is 0.853. The number of thioether (sulfide) groups is 2. The van der Waals surface area contributed by atoms with Crippen LogP contribution in [0.2, 0.25) is 0 Å². The summed E-state index contributed by atoms with van der Waals surface area (Å²) in [6, 6.07) is 9.77. The van der Waals surface area contributed by atoms with Crippen molar-refractivity contribution in [3.63, 3.8) is 0 Å². The van der Waals surface area contributed by atoms with Gasteiger partial charge in [-0.1, -0.05) is 38.1 Å². The molecular formula is C17H27NS2. The molecule has 1 aromatic carbocycles. The molecule has 1 heterocycles. The first-order valence-corrected chi connectivity index (χ1v) is 9.86. The Morgan fingerprint density at radius 2 is 1.75 bits per heavy atom. The van der Waals surface area contributed by atoms with Crippen molar-refractivity contribution in [2.75, 3.05) is 18.6 Å². The Kier molecular flexibility index (Phi) is 6.79. The van der Waals surface area contributed by atoms with Crippen LogP contribution in [0.3, 0.4) is 0 Å². The molecule has 0 amide bonds. The Bertz CT molecular complexity index is 390. The monoisotopic (exact) mass is 309 g/mol. The number of benzene rings is 1. The van der Waals surface area contributed by atoms with E-state index in [1.54, 1.807) is 0 Å². The second-order valence-corrected chi connectivity index (χ2v) is 8.06. The van der Waals surface area contributed by atoms with Crippen LogP contribution in [0, 0.1) is 0 Å². The molecule has 20 heavy (non-hydrogen) atoms. The third-order valence-corrected chi connectivity index (χ3v) is 7.56. The van der Waals surface area contributed by atoms with E-state index in [-0.39, 0.29) is 0 Å². The number of hydrogen-bond acceptors (Lipinski definition) is 3. The van der Waals surface area contributed by atoms with Crippen molar-refractivity contribution < 1.29 is 0 Å². The standard InChI is InChI=1S/C17H27NS2/c1-4-13-6-8-14(9-7-13)12-15(18-3)17-16(5-2)19-10-11-20-17/h6-9,15-18H,4-5,10-12H2,1-3H3. The predicted octanol–water partition coefficient (Wildman–Crippen LogP) is 4.01. The summed E-state index contributed by atoms with van der Waals surface area (Å²) in [5.41, 5.74) is 2.90. The first-order valence-electron chi connectivity index (χ1n) is 7.76. The van der Waals surface area contributed by atoms with Gasteiger partial charge < -0.3 is 5.32 Å². The van der Waals surface area contributed by atoms with Gasteiger partial charge in [-0.25, -0.2) is 0 Å².